The lowest BCUT2D eigenvalue weighted by molar-refractivity contribution is 0.639. The second-order valence-corrected chi connectivity index (χ2v) is 13.4. The Bertz CT molecular complexity index is 1670. The minimum Gasteiger partial charge on any atom is -0.118 e. The van der Waals surface area contributed by atoms with E-state index in [1.54, 1.807) is 0 Å². The molecule has 0 spiro atoms. The van der Waals surface area contributed by atoms with Crippen LogP contribution >= 0.6 is 11.8 Å². The Hall–Kier alpha value is -3.73. The molecule has 0 heterocycles. The van der Waals surface area contributed by atoms with Gasteiger partial charge in [0.2, 0.25) is 0 Å². The number of allylic oxidation sites excluding steroid dienone is 14. The van der Waals surface area contributed by atoms with Crippen LogP contribution in [0.15, 0.2) is 136 Å². The molecular formula is C41H42S. The highest BCUT2D eigenvalue weighted by Crippen LogP contribution is 2.49. The van der Waals surface area contributed by atoms with Crippen molar-refractivity contribution in [2.45, 2.75) is 76.4 Å². The van der Waals surface area contributed by atoms with E-state index in [1.807, 2.05) is 23.9 Å². The van der Waals surface area contributed by atoms with Crippen molar-refractivity contribution in [2.24, 2.45) is 0 Å². The van der Waals surface area contributed by atoms with Gasteiger partial charge in [0.1, 0.15) is 0 Å². The van der Waals surface area contributed by atoms with Crippen molar-refractivity contribution >= 4 is 22.9 Å². The molecule has 212 valence electrons. The van der Waals surface area contributed by atoms with Crippen molar-refractivity contribution in [2.75, 3.05) is 0 Å². The van der Waals surface area contributed by atoms with Crippen molar-refractivity contribution in [3.05, 3.63) is 148 Å². The van der Waals surface area contributed by atoms with Crippen molar-refractivity contribution in [1.82, 2.24) is 0 Å². The average Bonchev–Trinajstić information content (AvgIpc) is 3.16. The van der Waals surface area contributed by atoms with E-state index >= 15 is 0 Å². The van der Waals surface area contributed by atoms with Gasteiger partial charge in [-0.25, -0.2) is 0 Å². The maximum atomic E-state index is 4.66. The van der Waals surface area contributed by atoms with Crippen LogP contribution < -0.4 is 0 Å². The number of thioether (sulfide) groups is 1. The van der Waals surface area contributed by atoms with Gasteiger partial charge in [-0.1, -0.05) is 116 Å². The molecule has 42 heavy (non-hydrogen) atoms. The second-order valence-electron chi connectivity index (χ2n) is 12.1. The van der Waals surface area contributed by atoms with Crippen LogP contribution in [0, 0.1) is 11.8 Å². The van der Waals surface area contributed by atoms with E-state index in [0.717, 1.165) is 19.3 Å². The van der Waals surface area contributed by atoms with Gasteiger partial charge in [-0.15, -0.1) is 11.8 Å². The summed E-state index contributed by atoms with van der Waals surface area (Å²) in [5.74, 6) is 6.26. The van der Waals surface area contributed by atoms with Crippen molar-refractivity contribution in [3.63, 3.8) is 0 Å². The predicted octanol–water partition coefficient (Wildman–Crippen LogP) is 11.4. The summed E-state index contributed by atoms with van der Waals surface area (Å²) in [6.45, 7) is 18.3. The first kappa shape index (κ1) is 29.8. The van der Waals surface area contributed by atoms with Gasteiger partial charge in [0, 0.05) is 22.0 Å². The van der Waals surface area contributed by atoms with E-state index < -0.39 is 0 Å². The third-order valence-electron chi connectivity index (χ3n) is 8.89. The highest BCUT2D eigenvalue weighted by Gasteiger charge is 2.35. The highest BCUT2D eigenvalue weighted by molar-refractivity contribution is 8.00. The van der Waals surface area contributed by atoms with Crippen LogP contribution in [0.5, 0.6) is 0 Å². The Morgan fingerprint density at radius 3 is 2.55 bits per heavy atom. The van der Waals surface area contributed by atoms with E-state index in [4.69, 9.17) is 0 Å². The molecule has 1 atom stereocenters. The molecule has 3 aliphatic carbocycles. The third kappa shape index (κ3) is 6.06. The van der Waals surface area contributed by atoms with Crippen molar-refractivity contribution in [1.29, 1.82) is 0 Å². The standard InChI is InChI=1S/C41H42S/c1-8-36(38(28(2)3)27-29(4)40-30(5)41(6,7)39-18-14-13-17-37(39)40)33-21-25-35(26-22-33)42-34-23-19-32(20-24-34)31-15-11-9-10-12-16-31/h8-9,11,13-15,17-25,35H,4,16,26-27H2,1-3,5-7H3/b36-8-. The molecule has 0 saturated carbocycles. The summed E-state index contributed by atoms with van der Waals surface area (Å²) in [6.07, 6.45) is 18.2. The Labute approximate surface area is 258 Å². The maximum absolute atomic E-state index is 4.66. The number of rotatable bonds is 8. The van der Waals surface area contributed by atoms with E-state index in [1.165, 1.54) is 66.2 Å². The van der Waals surface area contributed by atoms with Gasteiger partial charge in [-0.3, -0.25) is 0 Å². The fourth-order valence-electron chi connectivity index (χ4n) is 6.26. The van der Waals surface area contributed by atoms with Gasteiger partial charge in [0.05, 0.1) is 0 Å². The molecular weight excluding hydrogens is 525 g/mol. The molecule has 0 radical (unpaired) electrons. The van der Waals surface area contributed by atoms with Crippen LogP contribution in [0.2, 0.25) is 0 Å². The maximum Gasteiger partial charge on any atom is 0.0349 e. The first-order chi connectivity index (χ1) is 20.2. The number of fused-ring (bicyclic) bond motifs is 1. The molecule has 0 amide bonds. The lowest BCUT2D eigenvalue weighted by atomic mass is 9.81. The Kier molecular flexibility index (Phi) is 8.96. The predicted molar refractivity (Wildman–Crippen MR) is 185 cm³/mol. The summed E-state index contributed by atoms with van der Waals surface area (Å²) in [5.41, 5.74) is 14.7. The summed E-state index contributed by atoms with van der Waals surface area (Å²) in [5, 5.41) is 0.429. The molecule has 0 nitrogen and oxygen atoms in total. The SMILES string of the molecule is C=C(CC(=C(C)C)/C(=C\C)C1=CCC(Sc2ccc(C3=CC=CC#CC3)cc2)C=C1)C1=C(C)C(C)(C)c2ccccc21. The molecule has 1 heteroatoms. The van der Waals surface area contributed by atoms with E-state index in [2.05, 4.69) is 139 Å². The average molecular weight is 567 g/mol. The van der Waals surface area contributed by atoms with E-state index in [-0.39, 0.29) is 5.41 Å². The molecule has 0 bridgehead atoms. The van der Waals surface area contributed by atoms with Crippen LogP contribution in [-0.4, -0.2) is 5.25 Å². The molecule has 1 unspecified atom stereocenters. The zero-order valence-electron chi connectivity index (χ0n) is 26.0. The smallest absolute Gasteiger partial charge is 0.0349 e. The first-order valence-corrected chi connectivity index (χ1v) is 15.9. The molecule has 2 aromatic rings. The fourth-order valence-corrected chi connectivity index (χ4v) is 7.25. The largest absolute Gasteiger partial charge is 0.118 e. The molecule has 5 rings (SSSR count). The first-order valence-electron chi connectivity index (χ1n) is 15.0. The van der Waals surface area contributed by atoms with E-state index in [0.29, 0.717) is 5.25 Å². The van der Waals surface area contributed by atoms with Crippen molar-refractivity contribution in [3.8, 4) is 11.8 Å². The molecule has 0 aliphatic heterocycles. The normalized spacial score (nSPS) is 18.9. The number of hydrogen-bond donors (Lipinski definition) is 0. The van der Waals surface area contributed by atoms with Crippen LogP contribution in [-0.2, 0) is 5.41 Å². The monoisotopic (exact) mass is 566 g/mol. The highest BCUT2D eigenvalue weighted by atomic mass is 32.2. The molecule has 0 N–H and O–H groups in total. The number of benzene rings is 2. The Morgan fingerprint density at radius 2 is 1.86 bits per heavy atom. The summed E-state index contributed by atoms with van der Waals surface area (Å²) in [7, 11) is 0. The second kappa shape index (κ2) is 12.6. The lowest BCUT2D eigenvalue weighted by Gasteiger charge is -2.23. The van der Waals surface area contributed by atoms with Crippen LogP contribution in [0.3, 0.4) is 0 Å². The minimum atomic E-state index is 0.0314. The Morgan fingerprint density at radius 1 is 1.10 bits per heavy atom. The van der Waals surface area contributed by atoms with Crippen LogP contribution in [0.4, 0.5) is 0 Å². The molecule has 0 saturated heterocycles. The summed E-state index contributed by atoms with van der Waals surface area (Å²) in [4.78, 5) is 1.30. The molecule has 0 fully saturated rings. The topological polar surface area (TPSA) is 0 Å². The van der Waals surface area contributed by atoms with Gasteiger partial charge >= 0.3 is 0 Å². The molecule has 3 aliphatic rings. The van der Waals surface area contributed by atoms with E-state index in [9.17, 15) is 0 Å². The molecule has 0 aromatic heterocycles. The van der Waals surface area contributed by atoms with Gasteiger partial charge in [0.25, 0.3) is 0 Å². The zero-order valence-corrected chi connectivity index (χ0v) is 26.8. The van der Waals surface area contributed by atoms with Crippen molar-refractivity contribution < 1.29 is 0 Å². The zero-order chi connectivity index (χ0) is 29.9. The van der Waals surface area contributed by atoms with Gasteiger partial charge < -0.3 is 0 Å². The lowest BCUT2D eigenvalue weighted by Crippen LogP contribution is -2.15. The molecule has 2 aromatic carbocycles. The third-order valence-corrected chi connectivity index (χ3v) is 10.1. The van der Waals surface area contributed by atoms with Gasteiger partial charge in [0.15, 0.2) is 0 Å². The summed E-state index contributed by atoms with van der Waals surface area (Å²) < 4.78 is 0. The summed E-state index contributed by atoms with van der Waals surface area (Å²) in [6, 6.07) is 17.8. The van der Waals surface area contributed by atoms with Crippen LogP contribution in [0.25, 0.3) is 11.1 Å². The van der Waals surface area contributed by atoms with Crippen LogP contribution in [0.1, 0.15) is 77.5 Å². The number of hydrogen-bond acceptors (Lipinski definition) is 1. The minimum absolute atomic E-state index is 0.0314. The quantitative estimate of drug-likeness (QED) is 0.226. The summed E-state index contributed by atoms with van der Waals surface area (Å²) >= 11 is 1.94. The van der Waals surface area contributed by atoms with Gasteiger partial charge in [-0.05, 0) is 109 Å². The Balaban J connectivity index is 1.28. The fraction of sp³-hybridized carbons (Fsp3) is 0.268. The van der Waals surface area contributed by atoms with Gasteiger partial charge in [-0.2, -0.15) is 0 Å².